The Kier molecular flexibility index (Phi) is 2.95. The number of hydrogen-bond donors (Lipinski definition) is 1. The predicted octanol–water partition coefficient (Wildman–Crippen LogP) is 2.60. The van der Waals surface area contributed by atoms with Crippen molar-refractivity contribution in [1.29, 1.82) is 0 Å². The average molecular weight is 266 g/mol. The number of hydrogen-bond acceptors (Lipinski definition) is 3. The van der Waals surface area contributed by atoms with Crippen LogP contribution in [-0.4, -0.2) is 20.5 Å². The fraction of sp³-hybridized carbons (Fsp3) is 0.133. The van der Waals surface area contributed by atoms with E-state index in [0.29, 0.717) is 11.2 Å². The lowest BCUT2D eigenvalue weighted by Crippen LogP contribution is -2.12. The standard InChI is InChI=1S/C15H14N4O/c1-10-8-11(2)19-14(17-10)13(9-16-19)15(20)18-12-6-4-3-5-7-12/h3-9H,1-2H3,(H,18,20). The number of amides is 1. The largest absolute Gasteiger partial charge is 0.322 e. The van der Waals surface area contributed by atoms with Crippen molar-refractivity contribution in [2.24, 2.45) is 0 Å². The fourth-order valence-corrected chi connectivity index (χ4v) is 2.15. The normalized spacial score (nSPS) is 10.7. The Labute approximate surface area is 116 Å². The average Bonchev–Trinajstić information content (AvgIpc) is 2.84. The number of nitrogens with zero attached hydrogens (tertiary/aromatic N) is 3. The number of carbonyl (C=O) groups is 1. The van der Waals surface area contributed by atoms with Crippen LogP contribution in [0.4, 0.5) is 5.69 Å². The smallest absolute Gasteiger partial charge is 0.261 e. The van der Waals surface area contributed by atoms with Gasteiger partial charge in [0.05, 0.1) is 6.20 Å². The maximum atomic E-state index is 12.3. The van der Waals surface area contributed by atoms with E-state index in [0.717, 1.165) is 17.1 Å². The van der Waals surface area contributed by atoms with E-state index in [1.54, 1.807) is 10.7 Å². The van der Waals surface area contributed by atoms with Gasteiger partial charge in [0, 0.05) is 17.1 Å². The summed E-state index contributed by atoms with van der Waals surface area (Å²) in [6.07, 6.45) is 1.55. The van der Waals surface area contributed by atoms with Gasteiger partial charge in [0.25, 0.3) is 5.91 Å². The van der Waals surface area contributed by atoms with Crippen LogP contribution in [0.3, 0.4) is 0 Å². The molecule has 2 aromatic heterocycles. The summed E-state index contributed by atoms with van der Waals surface area (Å²) in [6.45, 7) is 3.84. The molecule has 0 spiro atoms. The number of rotatable bonds is 2. The molecule has 0 radical (unpaired) electrons. The molecule has 1 amide bonds. The first kappa shape index (κ1) is 12.3. The van der Waals surface area contributed by atoms with Gasteiger partial charge in [-0.3, -0.25) is 4.79 Å². The molecule has 0 aliphatic rings. The van der Waals surface area contributed by atoms with Gasteiger partial charge in [-0.15, -0.1) is 0 Å². The molecule has 20 heavy (non-hydrogen) atoms. The summed E-state index contributed by atoms with van der Waals surface area (Å²) in [7, 11) is 0. The molecule has 0 bridgehead atoms. The van der Waals surface area contributed by atoms with Crippen LogP contribution in [0, 0.1) is 13.8 Å². The van der Waals surface area contributed by atoms with Gasteiger partial charge in [0.2, 0.25) is 0 Å². The minimum absolute atomic E-state index is 0.205. The second kappa shape index (κ2) is 4.77. The molecule has 5 nitrogen and oxygen atoms in total. The number of aromatic nitrogens is 3. The van der Waals surface area contributed by atoms with Crippen molar-refractivity contribution in [3.05, 3.63) is 59.5 Å². The molecule has 0 atom stereocenters. The highest BCUT2D eigenvalue weighted by Gasteiger charge is 2.15. The molecule has 3 aromatic rings. The van der Waals surface area contributed by atoms with E-state index in [4.69, 9.17) is 0 Å². The fourth-order valence-electron chi connectivity index (χ4n) is 2.15. The van der Waals surface area contributed by atoms with E-state index in [1.165, 1.54) is 0 Å². The molecule has 0 aliphatic heterocycles. The van der Waals surface area contributed by atoms with Gasteiger partial charge < -0.3 is 5.32 Å². The van der Waals surface area contributed by atoms with Gasteiger partial charge >= 0.3 is 0 Å². The van der Waals surface area contributed by atoms with E-state index < -0.39 is 0 Å². The van der Waals surface area contributed by atoms with Crippen molar-refractivity contribution in [3.63, 3.8) is 0 Å². The molecule has 0 fully saturated rings. The lowest BCUT2D eigenvalue weighted by Gasteiger charge is -2.04. The second-order valence-corrected chi connectivity index (χ2v) is 4.65. The van der Waals surface area contributed by atoms with Crippen molar-refractivity contribution in [3.8, 4) is 0 Å². The van der Waals surface area contributed by atoms with E-state index in [9.17, 15) is 4.79 Å². The van der Waals surface area contributed by atoms with Crippen LogP contribution in [0.2, 0.25) is 0 Å². The molecule has 1 N–H and O–H groups in total. The zero-order chi connectivity index (χ0) is 14.1. The van der Waals surface area contributed by atoms with Gasteiger partial charge in [-0.25, -0.2) is 9.50 Å². The molecular weight excluding hydrogens is 252 g/mol. The van der Waals surface area contributed by atoms with Crippen molar-refractivity contribution in [1.82, 2.24) is 14.6 Å². The Hall–Kier alpha value is -2.69. The Balaban J connectivity index is 2.00. The monoisotopic (exact) mass is 266 g/mol. The topological polar surface area (TPSA) is 59.3 Å². The summed E-state index contributed by atoms with van der Waals surface area (Å²) >= 11 is 0. The van der Waals surface area contributed by atoms with Crippen molar-refractivity contribution < 1.29 is 4.79 Å². The molecule has 0 saturated carbocycles. The quantitative estimate of drug-likeness (QED) is 0.775. The number of benzene rings is 1. The number of para-hydroxylation sites is 1. The lowest BCUT2D eigenvalue weighted by atomic mass is 10.2. The van der Waals surface area contributed by atoms with Crippen LogP contribution < -0.4 is 5.32 Å². The summed E-state index contributed by atoms with van der Waals surface area (Å²) in [6, 6.07) is 11.3. The molecule has 100 valence electrons. The molecule has 0 unspecified atom stereocenters. The van der Waals surface area contributed by atoms with Crippen molar-refractivity contribution >= 4 is 17.2 Å². The summed E-state index contributed by atoms with van der Waals surface area (Å²) < 4.78 is 1.67. The number of anilines is 1. The molecule has 2 heterocycles. The van der Waals surface area contributed by atoms with E-state index in [1.807, 2.05) is 50.2 Å². The van der Waals surface area contributed by atoms with Crippen LogP contribution >= 0.6 is 0 Å². The highest BCUT2D eigenvalue weighted by atomic mass is 16.1. The Morgan fingerprint density at radius 1 is 1.20 bits per heavy atom. The third-order valence-electron chi connectivity index (χ3n) is 3.05. The summed E-state index contributed by atoms with van der Waals surface area (Å²) in [5.41, 5.74) is 3.62. The van der Waals surface area contributed by atoms with E-state index >= 15 is 0 Å². The number of fused-ring (bicyclic) bond motifs is 1. The van der Waals surface area contributed by atoms with Gasteiger partial charge in [-0.2, -0.15) is 5.10 Å². The van der Waals surface area contributed by atoms with Crippen LogP contribution in [0.5, 0.6) is 0 Å². The number of nitrogens with one attached hydrogen (secondary N) is 1. The summed E-state index contributed by atoms with van der Waals surface area (Å²) in [5.74, 6) is -0.205. The molecule has 5 heteroatoms. The van der Waals surface area contributed by atoms with Crippen LogP contribution in [0.15, 0.2) is 42.6 Å². The third-order valence-corrected chi connectivity index (χ3v) is 3.05. The minimum atomic E-state index is -0.205. The van der Waals surface area contributed by atoms with Gasteiger partial charge in [0.1, 0.15) is 5.56 Å². The minimum Gasteiger partial charge on any atom is -0.322 e. The maximum Gasteiger partial charge on any atom is 0.261 e. The van der Waals surface area contributed by atoms with E-state index in [-0.39, 0.29) is 5.91 Å². The molecule has 3 rings (SSSR count). The van der Waals surface area contributed by atoms with E-state index in [2.05, 4.69) is 15.4 Å². The maximum absolute atomic E-state index is 12.3. The van der Waals surface area contributed by atoms with Gasteiger partial charge in [-0.1, -0.05) is 18.2 Å². The highest BCUT2D eigenvalue weighted by Crippen LogP contribution is 2.14. The summed E-state index contributed by atoms with van der Waals surface area (Å²) in [4.78, 5) is 16.7. The zero-order valence-electron chi connectivity index (χ0n) is 11.3. The summed E-state index contributed by atoms with van der Waals surface area (Å²) in [5, 5.41) is 7.06. The second-order valence-electron chi connectivity index (χ2n) is 4.65. The van der Waals surface area contributed by atoms with Crippen molar-refractivity contribution in [2.75, 3.05) is 5.32 Å². The molecule has 0 saturated heterocycles. The Morgan fingerprint density at radius 3 is 2.70 bits per heavy atom. The first-order valence-electron chi connectivity index (χ1n) is 6.33. The Morgan fingerprint density at radius 2 is 1.95 bits per heavy atom. The molecular formula is C15H14N4O. The van der Waals surface area contributed by atoms with Crippen LogP contribution in [0.1, 0.15) is 21.7 Å². The number of aryl methyl sites for hydroxylation is 2. The zero-order valence-corrected chi connectivity index (χ0v) is 11.3. The lowest BCUT2D eigenvalue weighted by molar-refractivity contribution is 0.102. The number of carbonyl (C=O) groups excluding carboxylic acids is 1. The molecule has 1 aromatic carbocycles. The molecule has 0 aliphatic carbocycles. The van der Waals surface area contributed by atoms with Crippen molar-refractivity contribution in [2.45, 2.75) is 13.8 Å². The van der Waals surface area contributed by atoms with Crippen LogP contribution in [-0.2, 0) is 0 Å². The highest BCUT2D eigenvalue weighted by molar-refractivity contribution is 6.08. The Bertz CT molecular complexity index is 777. The first-order valence-corrected chi connectivity index (χ1v) is 6.33. The van der Waals surface area contributed by atoms with Crippen LogP contribution in [0.25, 0.3) is 5.65 Å². The van der Waals surface area contributed by atoms with Gasteiger partial charge in [-0.05, 0) is 32.0 Å². The third kappa shape index (κ3) is 2.14. The predicted molar refractivity (Wildman–Crippen MR) is 76.9 cm³/mol. The SMILES string of the molecule is Cc1cc(C)n2ncc(C(=O)Nc3ccccc3)c2n1. The first-order chi connectivity index (χ1) is 9.65. The van der Waals surface area contributed by atoms with Gasteiger partial charge in [0.15, 0.2) is 5.65 Å².